The summed E-state index contributed by atoms with van der Waals surface area (Å²) in [5.41, 5.74) is -0.472. The zero-order valence-corrected chi connectivity index (χ0v) is 10.5. The van der Waals surface area contributed by atoms with Crippen molar-refractivity contribution in [1.82, 2.24) is 5.16 Å². The van der Waals surface area contributed by atoms with E-state index in [0.29, 0.717) is 5.76 Å². The molecule has 0 spiro atoms. The summed E-state index contributed by atoms with van der Waals surface area (Å²) >= 11 is 5.67. The molecule has 0 aliphatic rings. The summed E-state index contributed by atoms with van der Waals surface area (Å²) in [7, 11) is 0. The van der Waals surface area contributed by atoms with Crippen LogP contribution in [0, 0.1) is 17.0 Å². The number of nitro groups is 1. The van der Waals surface area contributed by atoms with Crippen molar-refractivity contribution in [2.75, 3.05) is 5.32 Å². The van der Waals surface area contributed by atoms with Crippen LogP contribution in [0.5, 0.6) is 0 Å². The van der Waals surface area contributed by atoms with Gasteiger partial charge < -0.3 is 9.84 Å². The molecular weight excluding hydrogens is 274 g/mol. The molecule has 2 rings (SSSR count). The van der Waals surface area contributed by atoms with Crippen LogP contribution in [0.3, 0.4) is 0 Å². The van der Waals surface area contributed by atoms with E-state index in [9.17, 15) is 14.9 Å². The summed E-state index contributed by atoms with van der Waals surface area (Å²) in [6, 6.07) is 5.30. The molecule has 0 unspecified atom stereocenters. The fraction of sp³-hybridized carbons (Fsp3) is 0.0909. The zero-order valence-electron chi connectivity index (χ0n) is 9.71. The lowest BCUT2D eigenvalue weighted by molar-refractivity contribution is -0.385. The van der Waals surface area contributed by atoms with Crippen molar-refractivity contribution in [3.8, 4) is 0 Å². The van der Waals surface area contributed by atoms with Crippen LogP contribution in [-0.4, -0.2) is 16.0 Å². The highest BCUT2D eigenvalue weighted by Gasteiger charge is 2.21. The van der Waals surface area contributed by atoms with Gasteiger partial charge in [-0.2, -0.15) is 0 Å². The lowest BCUT2D eigenvalue weighted by Crippen LogP contribution is -2.14. The Labute approximate surface area is 112 Å². The predicted octanol–water partition coefficient (Wildman–Crippen LogP) is 2.80. The van der Waals surface area contributed by atoms with Gasteiger partial charge in [-0.1, -0.05) is 16.8 Å². The Morgan fingerprint density at radius 3 is 2.79 bits per heavy atom. The topological polar surface area (TPSA) is 98.3 Å². The first-order valence-corrected chi connectivity index (χ1v) is 5.54. The largest absolute Gasteiger partial charge is 0.360 e. The SMILES string of the molecule is Cc1cc(NC(=O)c2ccc(Cl)cc2[N+](=O)[O-])no1. The number of nitro benzene ring substituents is 1. The van der Waals surface area contributed by atoms with Crippen LogP contribution in [0.15, 0.2) is 28.8 Å². The van der Waals surface area contributed by atoms with Crippen molar-refractivity contribution >= 4 is 29.0 Å². The van der Waals surface area contributed by atoms with Gasteiger partial charge in [0.2, 0.25) is 0 Å². The van der Waals surface area contributed by atoms with E-state index in [1.165, 1.54) is 18.2 Å². The molecule has 1 aromatic carbocycles. The summed E-state index contributed by atoms with van der Waals surface area (Å²) < 4.78 is 4.78. The molecule has 0 fully saturated rings. The monoisotopic (exact) mass is 281 g/mol. The lowest BCUT2D eigenvalue weighted by Gasteiger charge is -2.03. The smallest absolute Gasteiger partial charge is 0.283 e. The number of rotatable bonds is 3. The van der Waals surface area contributed by atoms with Gasteiger partial charge in [-0.15, -0.1) is 0 Å². The number of aryl methyl sites for hydroxylation is 1. The zero-order chi connectivity index (χ0) is 14.0. The molecule has 2 aromatic rings. The number of halogens is 1. The quantitative estimate of drug-likeness (QED) is 0.689. The first-order chi connectivity index (χ1) is 8.97. The number of benzene rings is 1. The molecule has 1 N–H and O–H groups in total. The van der Waals surface area contributed by atoms with Crippen LogP contribution in [0.2, 0.25) is 5.02 Å². The molecule has 1 heterocycles. The molecule has 98 valence electrons. The van der Waals surface area contributed by atoms with E-state index < -0.39 is 10.8 Å². The van der Waals surface area contributed by atoms with Gasteiger partial charge in [0.05, 0.1) is 4.92 Å². The second-order valence-electron chi connectivity index (χ2n) is 3.70. The minimum Gasteiger partial charge on any atom is -0.360 e. The summed E-state index contributed by atoms with van der Waals surface area (Å²) in [6.07, 6.45) is 0. The highest BCUT2D eigenvalue weighted by atomic mass is 35.5. The van der Waals surface area contributed by atoms with Crippen molar-refractivity contribution in [1.29, 1.82) is 0 Å². The number of hydrogen-bond acceptors (Lipinski definition) is 5. The van der Waals surface area contributed by atoms with Crippen LogP contribution < -0.4 is 5.32 Å². The number of anilines is 1. The molecule has 0 atom stereocenters. The van der Waals surface area contributed by atoms with Crippen molar-refractivity contribution in [3.05, 3.63) is 50.7 Å². The fourth-order valence-corrected chi connectivity index (χ4v) is 1.62. The summed E-state index contributed by atoms with van der Waals surface area (Å²) in [5, 5.41) is 17.0. The molecule has 0 saturated carbocycles. The number of hydrogen-bond donors (Lipinski definition) is 1. The predicted molar refractivity (Wildman–Crippen MR) is 67.3 cm³/mol. The molecule has 19 heavy (non-hydrogen) atoms. The number of nitrogens with one attached hydrogen (secondary N) is 1. The third kappa shape index (κ3) is 2.89. The molecule has 0 aliphatic heterocycles. The number of amides is 1. The Balaban J connectivity index is 2.31. The minimum atomic E-state index is -0.672. The normalized spacial score (nSPS) is 10.2. The maximum absolute atomic E-state index is 11.9. The molecule has 0 radical (unpaired) electrons. The first-order valence-electron chi connectivity index (χ1n) is 5.16. The molecule has 0 bridgehead atoms. The maximum atomic E-state index is 11.9. The van der Waals surface area contributed by atoms with Gasteiger partial charge in [0.15, 0.2) is 5.82 Å². The number of carbonyl (C=O) groups excluding carboxylic acids is 1. The van der Waals surface area contributed by atoms with E-state index in [-0.39, 0.29) is 22.1 Å². The number of aromatic nitrogens is 1. The van der Waals surface area contributed by atoms with E-state index in [2.05, 4.69) is 10.5 Å². The Morgan fingerprint density at radius 1 is 1.47 bits per heavy atom. The Kier molecular flexibility index (Phi) is 3.48. The first kappa shape index (κ1) is 13.0. The molecule has 7 nitrogen and oxygen atoms in total. The van der Waals surface area contributed by atoms with Gasteiger partial charge in [-0.25, -0.2) is 0 Å². The Bertz CT molecular complexity index is 653. The van der Waals surface area contributed by atoms with Crippen molar-refractivity contribution in [2.45, 2.75) is 6.92 Å². The van der Waals surface area contributed by atoms with Crippen LogP contribution in [0.25, 0.3) is 0 Å². The van der Waals surface area contributed by atoms with Gasteiger partial charge in [0.25, 0.3) is 11.6 Å². The number of carbonyl (C=O) groups is 1. The number of nitrogens with zero attached hydrogens (tertiary/aromatic N) is 2. The Hall–Kier alpha value is -2.41. The van der Waals surface area contributed by atoms with Crippen molar-refractivity contribution in [2.24, 2.45) is 0 Å². The van der Waals surface area contributed by atoms with E-state index in [4.69, 9.17) is 16.1 Å². The molecular formula is C11H8ClN3O4. The van der Waals surface area contributed by atoms with Gasteiger partial charge in [-0.3, -0.25) is 14.9 Å². The van der Waals surface area contributed by atoms with Crippen LogP contribution in [0.4, 0.5) is 11.5 Å². The maximum Gasteiger partial charge on any atom is 0.283 e. The molecule has 0 aliphatic carbocycles. The van der Waals surface area contributed by atoms with Crippen molar-refractivity contribution in [3.63, 3.8) is 0 Å². The summed E-state index contributed by atoms with van der Waals surface area (Å²) in [6.45, 7) is 1.66. The summed E-state index contributed by atoms with van der Waals surface area (Å²) in [4.78, 5) is 22.1. The Morgan fingerprint density at radius 2 is 2.21 bits per heavy atom. The van der Waals surface area contributed by atoms with Crippen LogP contribution in [-0.2, 0) is 0 Å². The minimum absolute atomic E-state index is 0.102. The van der Waals surface area contributed by atoms with Crippen LogP contribution >= 0.6 is 11.6 Å². The third-order valence-corrected chi connectivity index (χ3v) is 2.51. The van der Waals surface area contributed by atoms with Gasteiger partial charge in [0, 0.05) is 17.2 Å². The van der Waals surface area contributed by atoms with Gasteiger partial charge >= 0.3 is 0 Å². The van der Waals surface area contributed by atoms with E-state index in [1.807, 2.05) is 0 Å². The van der Waals surface area contributed by atoms with Crippen LogP contribution in [0.1, 0.15) is 16.1 Å². The highest BCUT2D eigenvalue weighted by molar-refractivity contribution is 6.31. The molecule has 1 amide bonds. The second-order valence-corrected chi connectivity index (χ2v) is 4.13. The third-order valence-electron chi connectivity index (χ3n) is 2.27. The molecule has 1 aromatic heterocycles. The van der Waals surface area contributed by atoms with E-state index in [0.717, 1.165) is 6.07 Å². The van der Waals surface area contributed by atoms with E-state index in [1.54, 1.807) is 6.92 Å². The lowest BCUT2D eigenvalue weighted by atomic mass is 10.1. The summed E-state index contributed by atoms with van der Waals surface area (Å²) in [5.74, 6) is 0.0457. The second kappa shape index (κ2) is 5.07. The van der Waals surface area contributed by atoms with Crippen molar-refractivity contribution < 1.29 is 14.2 Å². The molecule has 0 saturated heterocycles. The average molecular weight is 282 g/mol. The van der Waals surface area contributed by atoms with E-state index >= 15 is 0 Å². The molecule has 8 heteroatoms. The van der Waals surface area contributed by atoms with Gasteiger partial charge in [0.1, 0.15) is 11.3 Å². The highest BCUT2D eigenvalue weighted by Crippen LogP contribution is 2.24. The average Bonchev–Trinajstić information content (AvgIpc) is 2.74. The fourth-order valence-electron chi connectivity index (χ4n) is 1.46. The van der Waals surface area contributed by atoms with Gasteiger partial charge in [-0.05, 0) is 19.1 Å². The standard InChI is InChI=1S/C11H8ClN3O4/c1-6-4-10(14-19-6)13-11(16)8-3-2-7(12)5-9(8)15(17)18/h2-5H,1H3,(H,13,14,16).